The number of nitrogens with one attached hydrogen (secondary N) is 1. The van der Waals surface area contributed by atoms with Crippen molar-refractivity contribution in [3.8, 4) is 0 Å². The first-order valence-corrected chi connectivity index (χ1v) is 8.81. The number of amides is 2. The molecule has 0 unspecified atom stereocenters. The highest BCUT2D eigenvalue weighted by molar-refractivity contribution is 8.13. The molecular formula is C13H17ClN2O3S. The molecule has 1 heterocycles. The number of nitrogens with zero attached hydrogens (tertiary/aromatic N) is 1. The van der Waals surface area contributed by atoms with Crippen molar-refractivity contribution in [3.05, 3.63) is 24.3 Å². The quantitative estimate of drug-likeness (QED) is 0.853. The Morgan fingerprint density at radius 1 is 1.30 bits per heavy atom. The number of hydrogen-bond donors (Lipinski definition) is 1. The highest BCUT2D eigenvalue weighted by Gasteiger charge is 2.23. The number of anilines is 1. The molecule has 1 aliphatic heterocycles. The molecule has 1 fully saturated rings. The largest absolute Gasteiger partial charge is 0.322 e. The molecule has 0 aliphatic carbocycles. The van der Waals surface area contributed by atoms with Crippen LogP contribution in [0.1, 0.15) is 26.2 Å². The summed E-state index contributed by atoms with van der Waals surface area (Å²) >= 11 is 0. The van der Waals surface area contributed by atoms with Crippen molar-refractivity contribution in [2.75, 3.05) is 11.9 Å². The lowest BCUT2D eigenvalue weighted by Crippen LogP contribution is -2.44. The molecule has 0 saturated carbocycles. The van der Waals surface area contributed by atoms with Gasteiger partial charge >= 0.3 is 6.03 Å². The summed E-state index contributed by atoms with van der Waals surface area (Å²) in [6.07, 6.45) is 3.17. The van der Waals surface area contributed by atoms with Gasteiger partial charge in [0.15, 0.2) is 0 Å². The van der Waals surface area contributed by atoms with Gasteiger partial charge in [-0.1, -0.05) is 0 Å². The van der Waals surface area contributed by atoms with E-state index in [1.807, 2.05) is 6.92 Å². The van der Waals surface area contributed by atoms with E-state index in [4.69, 9.17) is 10.7 Å². The molecule has 5 nitrogen and oxygen atoms in total. The van der Waals surface area contributed by atoms with Crippen LogP contribution in [0, 0.1) is 0 Å². The summed E-state index contributed by atoms with van der Waals surface area (Å²) in [5.74, 6) is 0. The van der Waals surface area contributed by atoms with E-state index in [1.54, 1.807) is 4.90 Å². The molecule has 1 aromatic carbocycles. The van der Waals surface area contributed by atoms with Gasteiger partial charge in [-0.05, 0) is 50.5 Å². The Labute approximate surface area is 123 Å². The molecule has 0 bridgehead atoms. The second-order valence-corrected chi connectivity index (χ2v) is 7.50. The molecule has 1 atom stereocenters. The molecule has 0 spiro atoms. The zero-order valence-corrected chi connectivity index (χ0v) is 12.7. The number of halogens is 1. The predicted octanol–water partition coefficient (Wildman–Crippen LogP) is 3.02. The Kier molecular flexibility index (Phi) is 4.55. The highest BCUT2D eigenvalue weighted by Crippen LogP contribution is 2.20. The molecule has 1 N–H and O–H groups in total. The highest BCUT2D eigenvalue weighted by atomic mass is 35.7. The number of benzene rings is 1. The average Bonchev–Trinajstić information content (AvgIpc) is 2.38. The van der Waals surface area contributed by atoms with Crippen LogP contribution < -0.4 is 5.32 Å². The molecule has 2 amide bonds. The third kappa shape index (κ3) is 3.64. The SMILES string of the molecule is C[C@H]1CCCCN1C(=O)Nc1ccc(S(=O)(=O)Cl)cc1. The van der Waals surface area contributed by atoms with Gasteiger partial charge in [-0.3, -0.25) is 0 Å². The number of carbonyl (C=O) groups excluding carboxylic acids is 1. The minimum Gasteiger partial charge on any atom is -0.322 e. The van der Waals surface area contributed by atoms with Crippen molar-refractivity contribution in [2.24, 2.45) is 0 Å². The smallest absolute Gasteiger partial charge is 0.322 e. The zero-order chi connectivity index (χ0) is 14.8. The van der Waals surface area contributed by atoms with Crippen molar-refractivity contribution in [2.45, 2.75) is 37.1 Å². The minimum atomic E-state index is -3.73. The van der Waals surface area contributed by atoms with Gasteiger partial charge in [0.05, 0.1) is 4.90 Å². The summed E-state index contributed by atoms with van der Waals surface area (Å²) in [6.45, 7) is 2.78. The topological polar surface area (TPSA) is 66.5 Å². The number of hydrogen-bond acceptors (Lipinski definition) is 3. The van der Waals surface area contributed by atoms with Crippen molar-refractivity contribution in [3.63, 3.8) is 0 Å². The molecule has 7 heteroatoms. The van der Waals surface area contributed by atoms with Crippen LogP contribution >= 0.6 is 10.7 Å². The Morgan fingerprint density at radius 3 is 2.50 bits per heavy atom. The van der Waals surface area contributed by atoms with Gasteiger partial charge < -0.3 is 10.2 Å². The molecule has 20 heavy (non-hydrogen) atoms. The van der Waals surface area contributed by atoms with Crippen LogP contribution in [0.15, 0.2) is 29.2 Å². The molecule has 1 saturated heterocycles. The normalized spacial score (nSPS) is 19.7. The van der Waals surface area contributed by atoms with E-state index < -0.39 is 9.05 Å². The van der Waals surface area contributed by atoms with Crippen molar-refractivity contribution in [1.29, 1.82) is 0 Å². The lowest BCUT2D eigenvalue weighted by Gasteiger charge is -2.33. The minimum absolute atomic E-state index is 0.0171. The second kappa shape index (κ2) is 6.01. The van der Waals surface area contributed by atoms with Gasteiger partial charge in [-0.25, -0.2) is 13.2 Å². The number of piperidine rings is 1. The number of carbonyl (C=O) groups is 1. The van der Waals surface area contributed by atoms with E-state index in [0.717, 1.165) is 25.8 Å². The third-order valence-electron chi connectivity index (χ3n) is 3.45. The van der Waals surface area contributed by atoms with Gasteiger partial charge in [0.25, 0.3) is 9.05 Å². The fourth-order valence-electron chi connectivity index (χ4n) is 2.30. The Morgan fingerprint density at radius 2 is 1.95 bits per heavy atom. The van der Waals surface area contributed by atoms with Crippen LogP contribution in [-0.2, 0) is 9.05 Å². The standard InChI is InChI=1S/C13H17ClN2O3S/c1-10-4-2-3-9-16(10)13(17)15-11-5-7-12(8-6-11)20(14,18)19/h5-8,10H,2-4,9H2,1H3,(H,15,17)/t10-/m0/s1. The predicted molar refractivity (Wildman–Crippen MR) is 78.5 cm³/mol. The fraction of sp³-hybridized carbons (Fsp3) is 0.462. The molecule has 1 aromatic rings. The lowest BCUT2D eigenvalue weighted by atomic mass is 10.0. The summed E-state index contributed by atoms with van der Waals surface area (Å²) < 4.78 is 22.3. The van der Waals surface area contributed by atoms with Crippen LogP contribution in [0.25, 0.3) is 0 Å². The molecule has 0 radical (unpaired) electrons. The van der Waals surface area contributed by atoms with E-state index in [9.17, 15) is 13.2 Å². The van der Waals surface area contributed by atoms with Gasteiger partial charge in [0.1, 0.15) is 0 Å². The number of urea groups is 1. The average molecular weight is 317 g/mol. The summed E-state index contributed by atoms with van der Waals surface area (Å²) in [6, 6.07) is 5.88. The molecular weight excluding hydrogens is 300 g/mol. The van der Waals surface area contributed by atoms with E-state index in [2.05, 4.69) is 5.32 Å². The molecule has 1 aliphatic rings. The maximum absolute atomic E-state index is 12.1. The van der Waals surface area contributed by atoms with Crippen LogP contribution in [-0.4, -0.2) is 31.9 Å². The van der Waals surface area contributed by atoms with Crippen molar-refractivity contribution in [1.82, 2.24) is 4.90 Å². The first-order chi connectivity index (χ1) is 9.38. The summed E-state index contributed by atoms with van der Waals surface area (Å²) in [5.41, 5.74) is 0.553. The van der Waals surface area contributed by atoms with Crippen LogP contribution in [0.5, 0.6) is 0 Å². The van der Waals surface area contributed by atoms with E-state index >= 15 is 0 Å². The third-order valence-corrected chi connectivity index (χ3v) is 4.82. The Hall–Kier alpha value is -1.27. The number of likely N-dealkylation sites (tertiary alicyclic amines) is 1. The summed E-state index contributed by atoms with van der Waals surface area (Å²) in [4.78, 5) is 13.9. The molecule has 0 aromatic heterocycles. The van der Waals surface area contributed by atoms with Crippen molar-refractivity contribution >= 4 is 31.5 Å². The first kappa shape index (κ1) is 15.1. The van der Waals surface area contributed by atoms with Gasteiger partial charge in [-0.2, -0.15) is 0 Å². The number of rotatable bonds is 2. The lowest BCUT2D eigenvalue weighted by molar-refractivity contribution is 0.170. The van der Waals surface area contributed by atoms with Crippen LogP contribution in [0.2, 0.25) is 0 Å². The van der Waals surface area contributed by atoms with Gasteiger partial charge in [0, 0.05) is 29.0 Å². The van der Waals surface area contributed by atoms with E-state index in [1.165, 1.54) is 24.3 Å². The molecule has 110 valence electrons. The monoisotopic (exact) mass is 316 g/mol. The van der Waals surface area contributed by atoms with Crippen molar-refractivity contribution < 1.29 is 13.2 Å². The van der Waals surface area contributed by atoms with E-state index in [0.29, 0.717) is 5.69 Å². The summed E-state index contributed by atoms with van der Waals surface area (Å²) in [7, 11) is 1.51. The maximum atomic E-state index is 12.1. The first-order valence-electron chi connectivity index (χ1n) is 6.50. The zero-order valence-electron chi connectivity index (χ0n) is 11.2. The Balaban J connectivity index is 2.04. The Bertz CT molecular complexity index is 586. The van der Waals surface area contributed by atoms with Gasteiger partial charge in [-0.15, -0.1) is 0 Å². The van der Waals surface area contributed by atoms with Gasteiger partial charge in [0.2, 0.25) is 0 Å². The molecule has 2 rings (SSSR count). The van der Waals surface area contributed by atoms with Crippen LogP contribution in [0.4, 0.5) is 10.5 Å². The fourth-order valence-corrected chi connectivity index (χ4v) is 3.07. The summed E-state index contributed by atoms with van der Waals surface area (Å²) in [5, 5.41) is 2.77. The van der Waals surface area contributed by atoms with E-state index in [-0.39, 0.29) is 17.0 Å². The maximum Gasteiger partial charge on any atom is 0.322 e. The second-order valence-electron chi connectivity index (χ2n) is 4.93. The van der Waals surface area contributed by atoms with Crippen LogP contribution in [0.3, 0.4) is 0 Å².